The maximum Gasteiger partial charge on any atom is 0.281 e. The number of aryl methyl sites for hydroxylation is 1. The van der Waals surface area contributed by atoms with Gasteiger partial charge in [-0.25, -0.2) is 4.39 Å². The largest absolute Gasteiger partial charge is 0.493 e. The molecule has 0 aliphatic carbocycles. The Morgan fingerprint density at radius 3 is 2.60 bits per heavy atom. The summed E-state index contributed by atoms with van der Waals surface area (Å²) in [7, 11) is -0.820. The molecule has 1 saturated heterocycles. The highest BCUT2D eigenvalue weighted by molar-refractivity contribution is 7.92. The molecule has 0 radical (unpaired) electrons. The second-order valence-corrected chi connectivity index (χ2v) is 10.8. The Labute approximate surface area is 231 Å². The molecule has 2 aromatic carbocycles. The van der Waals surface area contributed by atoms with Crippen molar-refractivity contribution in [3.05, 3.63) is 60.7 Å². The summed E-state index contributed by atoms with van der Waals surface area (Å²) < 4.78 is 66.5. The lowest BCUT2D eigenvalue weighted by molar-refractivity contribution is 0.0357. The van der Waals surface area contributed by atoms with Gasteiger partial charge in [-0.3, -0.25) is 19.3 Å². The molecule has 0 unspecified atom stereocenters. The van der Waals surface area contributed by atoms with Gasteiger partial charge in [0.05, 0.1) is 38.1 Å². The highest BCUT2D eigenvalue weighted by Crippen LogP contribution is 2.38. The van der Waals surface area contributed by atoms with Gasteiger partial charge in [-0.05, 0) is 36.8 Å². The highest BCUT2D eigenvalue weighted by atomic mass is 32.2. The normalized spacial score (nSPS) is 14.3. The molecule has 13 heteroatoms. The molecule has 11 nitrogen and oxygen atoms in total. The van der Waals surface area contributed by atoms with Crippen molar-refractivity contribution >= 4 is 26.6 Å². The number of benzene rings is 2. The number of pyridine rings is 1. The number of sulfonamides is 1. The maximum absolute atomic E-state index is 15.0. The van der Waals surface area contributed by atoms with Crippen molar-refractivity contribution in [3.63, 3.8) is 0 Å². The molecule has 1 fully saturated rings. The predicted octanol–water partition coefficient (Wildman–Crippen LogP) is 3.81. The second-order valence-electron chi connectivity index (χ2n) is 9.17. The fourth-order valence-corrected chi connectivity index (χ4v) is 5.31. The molecule has 0 atom stereocenters. The predicted molar refractivity (Wildman–Crippen MR) is 146 cm³/mol. The molecular formula is C27H30FN5O6S. The van der Waals surface area contributed by atoms with Crippen LogP contribution in [0.25, 0.3) is 10.9 Å². The fourth-order valence-electron chi connectivity index (χ4n) is 4.29. The Balaban J connectivity index is 1.29. The Bertz CT molecular complexity index is 1590. The Morgan fingerprint density at radius 2 is 1.88 bits per heavy atom. The Hall–Kier alpha value is -3.94. The van der Waals surface area contributed by atoms with Crippen molar-refractivity contribution in [1.29, 1.82) is 0 Å². The van der Waals surface area contributed by atoms with Crippen LogP contribution in [0.5, 0.6) is 23.0 Å². The van der Waals surface area contributed by atoms with Crippen LogP contribution in [0.2, 0.25) is 0 Å². The molecule has 212 valence electrons. The van der Waals surface area contributed by atoms with Gasteiger partial charge in [0.25, 0.3) is 10.0 Å². The SMILES string of the molecule is COc1cc2c(Oc3ccc(NS(=O)(=O)c4ccn(C)n4)cc3F)ccnc2cc1OCCCN1CCOCC1. The average molecular weight is 572 g/mol. The highest BCUT2D eigenvalue weighted by Gasteiger charge is 2.19. The van der Waals surface area contributed by atoms with E-state index in [-0.39, 0.29) is 16.5 Å². The third-order valence-corrected chi connectivity index (χ3v) is 7.61. The van der Waals surface area contributed by atoms with E-state index in [0.717, 1.165) is 45.3 Å². The van der Waals surface area contributed by atoms with Gasteiger partial charge < -0.3 is 18.9 Å². The van der Waals surface area contributed by atoms with E-state index in [9.17, 15) is 12.8 Å². The molecule has 0 saturated carbocycles. The summed E-state index contributed by atoms with van der Waals surface area (Å²) in [6, 6.07) is 10.3. The first-order valence-corrected chi connectivity index (χ1v) is 14.2. The number of fused-ring (bicyclic) bond motifs is 1. The van der Waals surface area contributed by atoms with Crippen LogP contribution in [0.4, 0.5) is 10.1 Å². The zero-order valence-electron chi connectivity index (χ0n) is 22.2. The van der Waals surface area contributed by atoms with Gasteiger partial charge in [0.15, 0.2) is 28.1 Å². The monoisotopic (exact) mass is 571 g/mol. The van der Waals surface area contributed by atoms with E-state index in [4.69, 9.17) is 18.9 Å². The van der Waals surface area contributed by atoms with Crippen LogP contribution < -0.4 is 18.9 Å². The van der Waals surface area contributed by atoms with Crippen LogP contribution in [0.3, 0.4) is 0 Å². The Morgan fingerprint density at radius 1 is 1.05 bits per heavy atom. The third kappa shape index (κ3) is 6.43. The van der Waals surface area contributed by atoms with Crippen LogP contribution in [-0.2, 0) is 21.8 Å². The van der Waals surface area contributed by atoms with Crippen LogP contribution >= 0.6 is 0 Å². The van der Waals surface area contributed by atoms with Crippen molar-refractivity contribution in [2.45, 2.75) is 11.4 Å². The molecule has 2 aromatic heterocycles. The number of hydrogen-bond donors (Lipinski definition) is 1. The van der Waals surface area contributed by atoms with Crippen LogP contribution in [0, 0.1) is 5.82 Å². The molecule has 5 rings (SSSR count). The topological polar surface area (TPSA) is 117 Å². The van der Waals surface area contributed by atoms with E-state index in [0.29, 0.717) is 34.8 Å². The molecule has 0 bridgehead atoms. The van der Waals surface area contributed by atoms with Gasteiger partial charge in [-0.1, -0.05) is 0 Å². The van der Waals surface area contributed by atoms with Crippen molar-refractivity contribution < 1.29 is 31.8 Å². The number of methoxy groups -OCH3 is 1. The summed E-state index contributed by atoms with van der Waals surface area (Å²) in [6.45, 7) is 4.80. The van der Waals surface area contributed by atoms with Gasteiger partial charge in [0.2, 0.25) is 0 Å². The summed E-state index contributed by atoms with van der Waals surface area (Å²) in [5.74, 6) is 0.561. The van der Waals surface area contributed by atoms with Gasteiger partial charge in [-0.15, -0.1) is 0 Å². The standard InChI is InChI=1S/C27H30FN5O6S/c1-32-10-7-27(30-32)40(34,35)31-19-4-5-24(21(28)16-19)39-23-6-8-29-22-18-26(25(36-2)17-20(22)23)38-13-3-9-33-11-14-37-15-12-33/h4-8,10,16-18,31H,3,9,11-15H2,1-2H3. The minimum absolute atomic E-state index is 0.0344. The van der Waals surface area contributed by atoms with E-state index in [1.165, 1.54) is 29.1 Å². The molecule has 40 heavy (non-hydrogen) atoms. The zero-order valence-corrected chi connectivity index (χ0v) is 23.0. The lowest BCUT2D eigenvalue weighted by Gasteiger charge is -2.26. The van der Waals surface area contributed by atoms with Gasteiger partial charge >= 0.3 is 0 Å². The number of aromatic nitrogens is 3. The average Bonchev–Trinajstić information content (AvgIpc) is 3.40. The van der Waals surface area contributed by atoms with Crippen molar-refractivity contribution in [3.8, 4) is 23.0 Å². The van der Waals surface area contributed by atoms with E-state index in [1.54, 1.807) is 38.6 Å². The summed E-state index contributed by atoms with van der Waals surface area (Å²) in [6.07, 6.45) is 3.91. The van der Waals surface area contributed by atoms with Gasteiger partial charge in [-0.2, -0.15) is 13.5 Å². The number of nitrogens with one attached hydrogen (secondary N) is 1. The number of nitrogens with zero attached hydrogens (tertiary/aromatic N) is 4. The number of hydrogen-bond acceptors (Lipinski definition) is 9. The smallest absolute Gasteiger partial charge is 0.281 e. The molecule has 3 heterocycles. The number of ether oxygens (including phenoxy) is 4. The van der Waals surface area contributed by atoms with Crippen molar-refractivity contribution in [2.75, 3.05) is 51.3 Å². The lowest BCUT2D eigenvalue weighted by Crippen LogP contribution is -2.37. The quantitative estimate of drug-likeness (QED) is 0.268. The zero-order chi connectivity index (χ0) is 28.1. The molecule has 0 amide bonds. The maximum atomic E-state index is 15.0. The second kappa shape index (κ2) is 12.1. The van der Waals surface area contributed by atoms with E-state index in [2.05, 4.69) is 19.7 Å². The summed E-state index contributed by atoms with van der Waals surface area (Å²) in [4.78, 5) is 6.76. The Kier molecular flexibility index (Phi) is 8.33. The molecule has 1 aliphatic rings. The van der Waals surface area contributed by atoms with Gasteiger partial charge in [0, 0.05) is 56.6 Å². The first kappa shape index (κ1) is 27.6. The van der Waals surface area contributed by atoms with E-state index < -0.39 is 15.8 Å². The molecule has 4 aromatic rings. The van der Waals surface area contributed by atoms with Crippen LogP contribution in [0.15, 0.2) is 59.9 Å². The summed E-state index contributed by atoms with van der Waals surface area (Å²) in [5, 5.41) is 4.30. The minimum Gasteiger partial charge on any atom is -0.493 e. The van der Waals surface area contributed by atoms with E-state index >= 15 is 0 Å². The number of morpholine rings is 1. The van der Waals surface area contributed by atoms with Crippen LogP contribution in [-0.4, -0.2) is 74.6 Å². The van der Waals surface area contributed by atoms with Crippen molar-refractivity contribution in [1.82, 2.24) is 19.7 Å². The number of anilines is 1. The first-order valence-electron chi connectivity index (χ1n) is 12.7. The van der Waals surface area contributed by atoms with E-state index in [1.807, 2.05) is 0 Å². The lowest BCUT2D eigenvalue weighted by atomic mass is 10.1. The molecule has 0 spiro atoms. The summed E-state index contributed by atoms with van der Waals surface area (Å²) in [5.41, 5.74) is 0.619. The van der Waals surface area contributed by atoms with Gasteiger partial charge in [0.1, 0.15) is 5.75 Å². The minimum atomic E-state index is -3.97. The number of rotatable bonds is 11. The van der Waals surface area contributed by atoms with Crippen LogP contribution in [0.1, 0.15) is 6.42 Å². The molecular weight excluding hydrogens is 541 g/mol. The first-order chi connectivity index (χ1) is 19.3. The fraction of sp³-hybridized carbons (Fsp3) is 0.333. The van der Waals surface area contributed by atoms with Crippen molar-refractivity contribution in [2.24, 2.45) is 7.05 Å². The summed E-state index contributed by atoms with van der Waals surface area (Å²) >= 11 is 0. The third-order valence-electron chi connectivity index (χ3n) is 6.34. The molecule has 1 aliphatic heterocycles. The number of halogens is 1. The molecule has 1 N–H and O–H groups in total.